The molecule has 1 aliphatic heterocycles. The van der Waals surface area contributed by atoms with Crippen molar-refractivity contribution in [3.8, 4) is 0 Å². The Morgan fingerprint density at radius 3 is 2.16 bits per heavy atom. The van der Waals surface area contributed by atoms with Crippen LogP contribution >= 0.6 is 0 Å². The van der Waals surface area contributed by atoms with E-state index in [1.807, 2.05) is 4.72 Å². The molecule has 0 bridgehead atoms. The molecule has 8 nitrogen and oxygen atoms in total. The summed E-state index contributed by atoms with van der Waals surface area (Å²) in [5.41, 5.74) is 0. The van der Waals surface area contributed by atoms with Gasteiger partial charge in [-0.25, -0.2) is 16.8 Å². The number of hydrogen-bond acceptors (Lipinski definition) is 6. The number of carboxylic acid groups (broad SMARTS) is 1. The van der Waals surface area contributed by atoms with Crippen LogP contribution in [0, 0.1) is 0 Å². The van der Waals surface area contributed by atoms with Gasteiger partial charge in [0, 0.05) is 0 Å². The van der Waals surface area contributed by atoms with Crippen LogP contribution in [0.25, 0.3) is 0 Å². The molecule has 2 atom stereocenters. The summed E-state index contributed by atoms with van der Waals surface area (Å²) in [6.07, 6.45) is -1.52. The van der Waals surface area contributed by atoms with Gasteiger partial charge >= 0.3 is 5.97 Å². The van der Waals surface area contributed by atoms with Gasteiger partial charge in [-0.3, -0.25) is 4.79 Å². The smallest absolute Gasteiger partial charge is 0.324 e. The number of aliphatic hydroxyl groups is 1. The van der Waals surface area contributed by atoms with E-state index in [1.165, 1.54) is 0 Å². The maximum atomic E-state index is 11.9. The van der Waals surface area contributed by atoms with Gasteiger partial charge in [-0.15, -0.1) is 0 Å². The monoisotopic (exact) mass is 315 g/mol. The van der Waals surface area contributed by atoms with Gasteiger partial charge in [0.2, 0.25) is 10.0 Å². The number of nitrogens with one attached hydrogen (secondary N) is 1. The lowest BCUT2D eigenvalue weighted by atomic mass is 10.2. The maximum absolute atomic E-state index is 11.9. The Kier molecular flexibility index (Phi) is 4.93. The lowest BCUT2D eigenvalue weighted by molar-refractivity contribution is -0.141. The van der Waals surface area contributed by atoms with Gasteiger partial charge in [-0.05, 0) is 19.8 Å². The topological polar surface area (TPSA) is 138 Å². The third kappa shape index (κ3) is 4.41. The van der Waals surface area contributed by atoms with Gasteiger partial charge in [0.25, 0.3) is 0 Å². The van der Waals surface area contributed by atoms with Crippen LogP contribution in [-0.4, -0.2) is 61.9 Å². The third-order valence-corrected chi connectivity index (χ3v) is 6.63. The highest BCUT2D eigenvalue weighted by molar-refractivity contribution is 7.92. The van der Waals surface area contributed by atoms with Crippen LogP contribution in [0.15, 0.2) is 0 Å². The number of aliphatic hydroxyl groups excluding tert-OH is 1. The molecule has 0 aliphatic carbocycles. The van der Waals surface area contributed by atoms with Crippen LogP contribution in [0.2, 0.25) is 0 Å². The molecule has 0 aromatic carbocycles. The van der Waals surface area contributed by atoms with E-state index in [1.54, 1.807) is 0 Å². The molecule has 0 spiro atoms. The zero-order valence-corrected chi connectivity index (χ0v) is 11.9. The van der Waals surface area contributed by atoms with Gasteiger partial charge in [-0.1, -0.05) is 0 Å². The number of sulfone groups is 1. The number of rotatable bonds is 5. The fraction of sp³-hybridized carbons (Fsp3) is 0.889. The lowest BCUT2D eigenvalue weighted by Gasteiger charge is -2.25. The summed E-state index contributed by atoms with van der Waals surface area (Å²) in [6, 6.07) is -1.64. The normalized spacial score (nSPS) is 23.7. The van der Waals surface area contributed by atoms with Crippen molar-refractivity contribution in [1.29, 1.82) is 0 Å². The molecule has 1 heterocycles. The predicted octanol–water partition coefficient (Wildman–Crippen LogP) is -1.68. The fourth-order valence-corrected chi connectivity index (χ4v) is 5.30. The Balaban J connectivity index is 2.79. The van der Waals surface area contributed by atoms with E-state index in [4.69, 9.17) is 5.11 Å². The van der Waals surface area contributed by atoms with E-state index in [9.17, 15) is 26.7 Å². The molecule has 2 unspecified atom stereocenters. The van der Waals surface area contributed by atoms with Crippen molar-refractivity contribution >= 4 is 25.8 Å². The summed E-state index contributed by atoms with van der Waals surface area (Å²) in [7, 11) is -7.17. The van der Waals surface area contributed by atoms with Crippen LogP contribution in [0.3, 0.4) is 0 Å². The van der Waals surface area contributed by atoms with Crippen molar-refractivity contribution in [2.24, 2.45) is 0 Å². The number of sulfonamides is 1. The molecule has 0 aromatic heterocycles. The second-order valence-electron chi connectivity index (χ2n) is 4.57. The molecule has 0 radical (unpaired) electrons. The summed E-state index contributed by atoms with van der Waals surface area (Å²) < 4.78 is 48.2. The Bertz CT molecular complexity index is 523. The van der Waals surface area contributed by atoms with E-state index >= 15 is 0 Å². The third-order valence-electron chi connectivity index (χ3n) is 2.98. The van der Waals surface area contributed by atoms with Gasteiger partial charge in [0.15, 0.2) is 0 Å². The molecular weight excluding hydrogens is 298 g/mol. The molecular formula is C9H17NO7S2. The number of carboxylic acids is 1. The molecule has 0 aromatic rings. The van der Waals surface area contributed by atoms with Crippen molar-refractivity contribution in [3.63, 3.8) is 0 Å². The molecule has 0 amide bonds. The van der Waals surface area contributed by atoms with E-state index in [-0.39, 0.29) is 24.3 Å². The molecule has 1 fully saturated rings. The van der Waals surface area contributed by atoms with Gasteiger partial charge < -0.3 is 10.2 Å². The Labute approximate surface area is 111 Å². The fourth-order valence-electron chi connectivity index (χ4n) is 1.81. The number of aliphatic carboxylic acids is 1. The first-order valence-corrected chi connectivity index (χ1v) is 9.04. The van der Waals surface area contributed by atoms with Crippen LogP contribution in [-0.2, 0) is 24.7 Å². The first-order chi connectivity index (χ1) is 8.55. The Hall–Kier alpha value is -0.710. The van der Waals surface area contributed by atoms with Crippen molar-refractivity contribution in [2.45, 2.75) is 37.2 Å². The highest BCUT2D eigenvalue weighted by atomic mass is 32.2. The maximum Gasteiger partial charge on any atom is 0.324 e. The average molecular weight is 315 g/mol. The van der Waals surface area contributed by atoms with E-state index < -0.39 is 43.2 Å². The molecule has 1 aliphatic rings. The van der Waals surface area contributed by atoms with Crippen LogP contribution < -0.4 is 4.72 Å². The highest BCUT2D eigenvalue weighted by Crippen LogP contribution is 2.19. The molecule has 1 saturated heterocycles. The summed E-state index contributed by atoms with van der Waals surface area (Å²) in [4.78, 5) is 10.8. The second-order valence-corrected chi connectivity index (χ2v) is 8.87. The molecule has 19 heavy (non-hydrogen) atoms. The zero-order valence-electron chi connectivity index (χ0n) is 10.3. The van der Waals surface area contributed by atoms with E-state index in [0.717, 1.165) is 6.92 Å². The Morgan fingerprint density at radius 2 is 1.79 bits per heavy atom. The summed E-state index contributed by atoms with van der Waals surface area (Å²) in [5.74, 6) is -1.95. The van der Waals surface area contributed by atoms with Gasteiger partial charge in [0.1, 0.15) is 15.9 Å². The first kappa shape index (κ1) is 16.3. The average Bonchev–Trinajstić information content (AvgIpc) is 2.24. The van der Waals surface area contributed by atoms with Crippen molar-refractivity contribution in [2.75, 3.05) is 11.5 Å². The van der Waals surface area contributed by atoms with Crippen LogP contribution in [0.1, 0.15) is 19.8 Å². The molecule has 0 saturated carbocycles. The quantitative estimate of drug-likeness (QED) is 0.550. The Morgan fingerprint density at radius 1 is 1.32 bits per heavy atom. The van der Waals surface area contributed by atoms with Gasteiger partial charge in [-0.2, -0.15) is 4.72 Å². The SMILES string of the molecule is CC(O)C(NS(=O)(=O)C1CCS(=O)(=O)CC1)C(=O)O. The number of hydrogen-bond donors (Lipinski definition) is 3. The highest BCUT2D eigenvalue weighted by Gasteiger charge is 2.36. The zero-order chi connectivity index (χ0) is 14.8. The predicted molar refractivity (Wildman–Crippen MR) is 66.8 cm³/mol. The van der Waals surface area contributed by atoms with E-state index in [0.29, 0.717) is 0 Å². The van der Waals surface area contributed by atoms with Crippen molar-refractivity contribution in [3.05, 3.63) is 0 Å². The molecule has 3 N–H and O–H groups in total. The molecule has 112 valence electrons. The van der Waals surface area contributed by atoms with Crippen molar-refractivity contribution in [1.82, 2.24) is 4.72 Å². The van der Waals surface area contributed by atoms with E-state index in [2.05, 4.69) is 0 Å². The lowest BCUT2D eigenvalue weighted by Crippen LogP contribution is -2.51. The minimum Gasteiger partial charge on any atom is -0.480 e. The standard InChI is InChI=1S/C9H17NO7S2/c1-6(11)8(9(12)13)10-19(16,17)7-2-4-18(14,15)5-3-7/h6-8,10-11H,2-5H2,1H3,(H,12,13). The first-order valence-electron chi connectivity index (χ1n) is 5.67. The second kappa shape index (κ2) is 5.73. The minimum absolute atomic E-state index is 0.0657. The molecule has 1 rings (SSSR count). The largest absolute Gasteiger partial charge is 0.480 e. The van der Waals surface area contributed by atoms with Crippen LogP contribution in [0.4, 0.5) is 0 Å². The summed E-state index contributed by atoms with van der Waals surface area (Å²) in [5, 5.41) is 17.1. The summed E-state index contributed by atoms with van der Waals surface area (Å²) in [6.45, 7) is 1.16. The van der Waals surface area contributed by atoms with Crippen molar-refractivity contribution < 1.29 is 31.8 Å². The molecule has 10 heteroatoms. The summed E-state index contributed by atoms with van der Waals surface area (Å²) >= 11 is 0. The van der Waals surface area contributed by atoms with Gasteiger partial charge in [0.05, 0.1) is 22.9 Å². The number of carbonyl (C=O) groups is 1. The van der Waals surface area contributed by atoms with Crippen LogP contribution in [0.5, 0.6) is 0 Å². The minimum atomic E-state index is -3.98.